The third kappa shape index (κ3) is 4.22. The summed E-state index contributed by atoms with van der Waals surface area (Å²) in [5.41, 5.74) is 0.513. The van der Waals surface area contributed by atoms with Gasteiger partial charge in [0.05, 0.1) is 18.8 Å². The molecule has 0 aliphatic heterocycles. The monoisotopic (exact) mass is 211 g/mol. The fraction of sp³-hybridized carbons (Fsp3) is 0.600. The number of nitrogens with one attached hydrogen (secondary N) is 2. The van der Waals surface area contributed by atoms with E-state index in [2.05, 4.69) is 15.3 Å². The molecule has 1 aromatic heterocycles. The van der Waals surface area contributed by atoms with Crippen molar-refractivity contribution in [2.75, 3.05) is 7.11 Å². The maximum absolute atomic E-state index is 11.3. The van der Waals surface area contributed by atoms with Crippen LogP contribution in [0.1, 0.15) is 25.4 Å². The summed E-state index contributed by atoms with van der Waals surface area (Å²) < 4.78 is 4.93. The third-order valence-electron chi connectivity index (χ3n) is 1.81. The number of ether oxygens (including phenoxy) is 1. The Bertz CT molecular complexity index is 360. The fourth-order valence-corrected chi connectivity index (χ4v) is 1.17. The molecule has 2 N–H and O–H groups in total. The van der Waals surface area contributed by atoms with E-state index >= 15 is 0 Å². The molecular weight excluding hydrogens is 194 g/mol. The second-order valence-corrected chi connectivity index (χ2v) is 3.65. The van der Waals surface area contributed by atoms with Gasteiger partial charge in [-0.15, -0.1) is 0 Å². The molecule has 0 aliphatic rings. The average molecular weight is 211 g/mol. The molecule has 5 heteroatoms. The molecule has 84 valence electrons. The smallest absolute Gasteiger partial charge is 0.251 e. The SMILES string of the molecule is COCc1cc(=O)[nH]c(CNC(C)C)n1. The molecule has 0 amide bonds. The van der Waals surface area contributed by atoms with Crippen LogP contribution in [0, 0.1) is 0 Å². The van der Waals surface area contributed by atoms with Gasteiger partial charge in [-0.25, -0.2) is 4.98 Å². The summed E-state index contributed by atoms with van der Waals surface area (Å²) in [7, 11) is 1.58. The highest BCUT2D eigenvalue weighted by molar-refractivity contribution is 5.01. The first-order chi connectivity index (χ1) is 7.11. The van der Waals surface area contributed by atoms with Crippen molar-refractivity contribution in [3.05, 3.63) is 27.9 Å². The van der Waals surface area contributed by atoms with Crippen LogP contribution in [0.2, 0.25) is 0 Å². The highest BCUT2D eigenvalue weighted by atomic mass is 16.5. The van der Waals surface area contributed by atoms with Crippen molar-refractivity contribution in [3.8, 4) is 0 Å². The van der Waals surface area contributed by atoms with E-state index in [1.54, 1.807) is 7.11 Å². The minimum absolute atomic E-state index is 0.141. The van der Waals surface area contributed by atoms with Gasteiger partial charge < -0.3 is 15.0 Å². The van der Waals surface area contributed by atoms with Crippen LogP contribution in [0.15, 0.2) is 10.9 Å². The van der Waals surface area contributed by atoms with E-state index in [0.29, 0.717) is 30.7 Å². The van der Waals surface area contributed by atoms with Gasteiger partial charge in [-0.05, 0) is 0 Å². The molecular formula is C10H17N3O2. The third-order valence-corrected chi connectivity index (χ3v) is 1.81. The summed E-state index contributed by atoms with van der Waals surface area (Å²) in [6.07, 6.45) is 0. The van der Waals surface area contributed by atoms with Crippen molar-refractivity contribution in [3.63, 3.8) is 0 Å². The molecule has 0 fully saturated rings. The predicted octanol–water partition coefficient (Wildman–Crippen LogP) is 0.414. The molecule has 0 unspecified atom stereocenters. The number of hydrogen-bond donors (Lipinski definition) is 2. The molecule has 0 saturated heterocycles. The van der Waals surface area contributed by atoms with Crippen LogP contribution < -0.4 is 10.9 Å². The van der Waals surface area contributed by atoms with Gasteiger partial charge in [0.2, 0.25) is 0 Å². The van der Waals surface area contributed by atoms with Crippen LogP contribution in [-0.2, 0) is 17.9 Å². The Balaban J connectivity index is 2.75. The molecule has 1 heterocycles. The Morgan fingerprint density at radius 2 is 2.33 bits per heavy atom. The standard InChI is InChI=1S/C10H17N3O2/c1-7(2)11-5-9-12-8(6-15-3)4-10(14)13-9/h4,7,11H,5-6H2,1-3H3,(H,12,13,14). The van der Waals surface area contributed by atoms with E-state index in [1.165, 1.54) is 6.07 Å². The highest BCUT2D eigenvalue weighted by Crippen LogP contribution is 1.94. The Morgan fingerprint density at radius 1 is 1.60 bits per heavy atom. The first kappa shape index (κ1) is 11.9. The number of rotatable bonds is 5. The lowest BCUT2D eigenvalue weighted by Crippen LogP contribution is -2.25. The predicted molar refractivity (Wildman–Crippen MR) is 57.5 cm³/mol. The van der Waals surface area contributed by atoms with Crippen molar-refractivity contribution in [1.29, 1.82) is 0 Å². The maximum Gasteiger partial charge on any atom is 0.251 e. The number of nitrogens with zero attached hydrogens (tertiary/aromatic N) is 1. The lowest BCUT2D eigenvalue weighted by atomic mass is 10.3. The minimum atomic E-state index is -0.141. The van der Waals surface area contributed by atoms with Crippen molar-refractivity contribution in [2.24, 2.45) is 0 Å². The Labute approximate surface area is 88.9 Å². The molecule has 0 atom stereocenters. The lowest BCUT2D eigenvalue weighted by molar-refractivity contribution is 0.181. The van der Waals surface area contributed by atoms with Crippen molar-refractivity contribution >= 4 is 0 Å². The van der Waals surface area contributed by atoms with E-state index in [9.17, 15) is 4.79 Å². The van der Waals surface area contributed by atoms with Crippen LogP contribution in [0.5, 0.6) is 0 Å². The molecule has 0 saturated carbocycles. The Hall–Kier alpha value is -1.20. The zero-order valence-corrected chi connectivity index (χ0v) is 9.33. The van der Waals surface area contributed by atoms with E-state index in [0.717, 1.165) is 0 Å². The topological polar surface area (TPSA) is 67.0 Å². The van der Waals surface area contributed by atoms with E-state index in [-0.39, 0.29) is 5.56 Å². The second-order valence-electron chi connectivity index (χ2n) is 3.65. The molecule has 1 rings (SSSR count). The largest absolute Gasteiger partial charge is 0.378 e. The van der Waals surface area contributed by atoms with Gasteiger partial charge in [-0.1, -0.05) is 13.8 Å². The summed E-state index contributed by atoms with van der Waals surface area (Å²) in [6, 6.07) is 1.81. The van der Waals surface area contributed by atoms with Gasteiger partial charge in [0.15, 0.2) is 0 Å². The molecule has 0 radical (unpaired) electrons. The van der Waals surface area contributed by atoms with Crippen molar-refractivity contribution < 1.29 is 4.74 Å². The van der Waals surface area contributed by atoms with E-state index in [1.807, 2.05) is 13.8 Å². The first-order valence-electron chi connectivity index (χ1n) is 4.93. The lowest BCUT2D eigenvalue weighted by Gasteiger charge is -2.08. The zero-order chi connectivity index (χ0) is 11.3. The quantitative estimate of drug-likeness (QED) is 0.740. The normalized spacial score (nSPS) is 10.9. The Morgan fingerprint density at radius 3 is 2.93 bits per heavy atom. The summed E-state index contributed by atoms with van der Waals surface area (Å²) in [4.78, 5) is 18.2. The average Bonchev–Trinajstić information content (AvgIpc) is 2.14. The van der Waals surface area contributed by atoms with Crippen molar-refractivity contribution in [1.82, 2.24) is 15.3 Å². The molecule has 0 bridgehead atoms. The second kappa shape index (κ2) is 5.63. The number of hydrogen-bond acceptors (Lipinski definition) is 4. The summed E-state index contributed by atoms with van der Waals surface area (Å²) in [5, 5.41) is 3.18. The highest BCUT2D eigenvalue weighted by Gasteiger charge is 2.01. The molecule has 15 heavy (non-hydrogen) atoms. The van der Waals surface area contributed by atoms with Gasteiger partial charge >= 0.3 is 0 Å². The van der Waals surface area contributed by atoms with Gasteiger partial charge in [0, 0.05) is 19.2 Å². The van der Waals surface area contributed by atoms with Crippen LogP contribution in [0.25, 0.3) is 0 Å². The van der Waals surface area contributed by atoms with Crippen molar-refractivity contribution in [2.45, 2.75) is 33.0 Å². The zero-order valence-electron chi connectivity index (χ0n) is 9.33. The van der Waals surface area contributed by atoms with Crippen LogP contribution in [0.4, 0.5) is 0 Å². The summed E-state index contributed by atoms with van der Waals surface area (Å²) in [5.74, 6) is 0.642. The fourth-order valence-electron chi connectivity index (χ4n) is 1.17. The molecule has 0 aromatic carbocycles. The number of H-pyrrole nitrogens is 1. The summed E-state index contributed by atoms with van der Waals surface area (Å²) in [6.45, 7) is 5.00. The number of methoxy groups -OCH3 is 1. The van der Waals surface area contributed by atoms with Crippen LogP contribution >= 0.6 is 0 Å². The number of aromatic amines is 1. The molecule has 1 aromatic rings. The molecule has 0 aliphatic carbocycles. The van der Waals surface area contributed by atoms with E-state index in [4.69, 9.17) is 4.74 Å². The van der Waals surface area contributed by atoms with E-state index < -0.39 is 0 Å². The van der Waals surface area contributed by atoms with Gasteiger partial charge in [-0.2, -0.15) is 0 Å². The maximum atomic E-state index is 11.3. The minimum Gasteiger partial charge on any atom is -0.378 e. The van der Waals surface area contributed by atoms with Crippen LogP contribution in [0.3, 0.4) is 0 Å². The first-order valence-corrected chi connectivity index (χ1v) is 4.93. The van der Waals surface area contributed by atoms with Gasteiger partial charge in [0.25, 0.3) is 5.56 Å². The molecule has 0 spiro atoms. The summed E-state index contributed by atoms with van der Waals surface area (Å²) >= 11 is 0. The number of aromatic nitrogens is 2. The molecule has 5 nitrogen and oxygen atoms in total. The van der Waals surface area contributed by atoms with Gasteiger partial charge in [-0.3, -0.25) is 4.79 Å². The Kier molecular flexibility index (Phi) is 4.45. The van der Waals surface area contributed by atoms with Gasteiger partial charge in [0.1, 0.15) is 5.82 Å². The van der Waals surface area contributed by atoms with Crippen LogP contribution in [-0.4, -0.2) is 23.1 Å².